The zero-order valence-electron chi connectivity index (χ0n) is 9.23. The predicted molar refractivity (Wildman–Crippen MR) is 68.8 cm³/mol. The molecule has 0 fully saturated rings. The molecule has 0 aliphatic carbocycles. The van der Waals surface area contributed by atoms with Gasteiger partial charge in [0, 0.05) is 5.56 Å². The molecule has 0 aliphatic rings. The van der Waals surface area contributed by atoms with E-state index in [9.17, 15) is 4.39 Å². The maximum atomic E-state index is 13.5. The summed E-state index contributed by atoms with van der Waals surface area (Å²) < 4.78 is 13.5. The maximum absolute atomic E-state index is 13.5. The van der Waals surface area contributed by atoms with Crippen LogP contribution in [-0.4, -0.2) is 0 Å². The second-order valence-electron chi connectivity index (χ2n) is 3.52. The fraction of sp³-hybridized carbons (Fsp3) is 0. The minimum Gasteiger partial charge on any atom is -0.197 e. The molecule has 0 N–H and O–H groups in total. The van der Waals surface area contributed by atoms with Crippen LogP contribution in [0.4, 0.5) is 4.39 Å². The molecular weight excluding hydrogens is 211 g/mol. The van der Waals surface area contributed by atoms with Crippen LogP contribution in [0.25, 0.3) is 6.08 Å². The lowest BCUT2D eigenvalue weighted by atomic mass is 10.2. The summed E-state index contributed by atoms with van der Waals surface area (Å²) in [6.45, 7) is 0. The summed E-state index contributed by atoms with van der Waals surface area (Å²) in [5, 5.41) is 0. The van der Waals surface area contributed by atoms with Gasteiger partial charge in [-0.1, -0.05) is 54.5 Å². The number of rotatable bonds is 1. The predicted octanol–water partition coefficient (Wildman–Crippen LogP) is 4.05. The highest BCUT2D eigenvalue weighted by Crippen LogP contribution is 2.07. The molecule has 0 saturated heterocycles. The lowest BCUT2D eigenvalue weighted by Gasteiger charge is -1.90. The Labute approximate surface area is 100 Å². The zero-order chi connectivity index (χ0) is 11.9. The SMILES string of the molecule is F/C(C#Cc1ccccc1)=C/c1ccccc1. The summed E-state index contributed by atoms with van der Waals surface area (Å²) in [6, 6.07) is 18.7. The van der Waals surface area contributed by atoms with Gasteiger partial charge in [0.05, 0.1) is 0 Å². The van der Waals surface area contributed by atoms with E-state index in [1.165, 1.54) is 6.08 Å². The minimum absolute atomic E-state index is 0.431. The van der Waals surface area contributed by atoms with Gasteiger partial charge in [-0.05, 0) is 29.7 Å². The second-order valence-corrected chi connectivity index (χ2v) is 3.52. The second kappa shape index (κ2) is 5.67. The maximum Gasteiger partial charge on any atom is 0.174 e. The number of halogens is 1. The summed E-state index contributed by atoms with van der Waals surface area (Å²) in [5.74, 6) is 4.83. The number of hydrogen-bond acceptors (Lipinski definition) is 0. The van der Waals surface area contributed by atoms with Crippen molar-refractivity contribution in [3.63, 3.8) is 0 Å². The van der Waals surface area contributed by atoms with Gasteiger partial charge in [-0.25, -0.2) is 0 Å². The van der Waals surface area contributed by atoms with Gasteiger partial charge in [0.1, 0.15) is 0 Å². The molecule has 82 valence electrons. The molecule has 0 saturated carbocycles. The van der Waals surface area contributed by atoms with E-state index in [2.05, 4.69) is 11.8 Å². The lowest BCUT2D eigenvalue weighted by molar-refractivity contribution is 0.683. The summed E-state index contributed by atoms with van der Waals surface area (Å²) in [6.07, 6.45) is 1.43. The minimum atomic E-state index is -0.431. The molecule has 0 radical (unpaired) electrons. The van der Waals surface area contributed by atoms with Crippen LogP contribution in [0.2, 0.25) is 0 Å². The highest BCUT2D eigenvalue weighted by molar-refractivity contribution is 5.56. The fourth-order valence-electron chi connectivity index (χ4n) is 1.39. The first-order valence-electron chi connectivity index (χ1n) is 5.34. The van der Waals surface area contributed by atoms with E-state index in [0.29, 0.717) is 0 Å². The van der Waals surface area contributed by atoms with Crippen LogP contribution in [0.1, 0.15) is 11.1 Å². The van der Waals surface area contributed by atoms with E-state index in [-0.39, 0.29) is 0 Å². The first kappa shape index (κ1) is 11.2. The highest BCUT2D eigenvalue weighted by atomic mass is 19.1. The lowest BCUT2D eigenvalue weighted by Crippen LogP contribution is -1.74. The third-order valence-corrected chi connectivity index (χ3v) is 2.19. The molecular formula is C16H11F. The van der Waals surface area contributed by atoms with Gasteiger partial charge in [0.15, 0.2) is 5.83 Å². The van der Waals surface area contributed by atoms with Crippen molar-refractivity contribution in [1.82, 2.24) is 0 Å². The van der Waals surface area contributed by atoms with Gasteiger partial charge in [0.25, 0.3) is 0 Å². The largest absolute Gasteiger partial charge is 0.197 e. The highest BCUT2D eigenvalue weighted by Gasteiger charge is 1.90. The summed E-state index contributed by atoms with van der Waals surface area (Å²) in [7, 11) is 0. The summed E-state index contributed by atoms with van der Waals surface area (Å²) in [4.78, 5) is 0. The molecule has 0 nitrogen and oxygen atoms in total. The van der Waals surface area contributed by atoms with E-state index in [0.717, 1.165) is 11.1 Å². The van der Waals surface area contributed by atoms with Crippen LogP contribution in [0.3, 0.4) is 0 Å². The van der Waals surface area contributed by atoms with Gasteiger partial charge in [-0.3, -0.25) is 0 Å². The molecule has 2 rings (SSSR count). The van der Waals surface area contributed by atoms with Crippen LogP contribution in [-0.2, 0) is 0 Å². The van der Waals surface area contributed by atoms with Crippen LogP contribution in [0, 0.1) is 11.8 Å². The molecule has 2 aromatic rings. The molecule has 2 aromatic carbocycles. The Bertz CT molecular complexity index is 557. The van der Waals surface area contributed by atoms with E-state index < -0.39 is 5.83 Å². The van der Waals surface area contributed by atoms with Gasteiger partial charge in [-0.15, -0.1) is 0 Å². The van der Waals surface area contributed by atoms with Crippen molar-refractivity contribution in [1.29, 1.82) is 0 Å². The van der Waals surface area contributed by atoms with E-state index in [1.54, 1.807) is 0 Å². The third kappa shape index (κ3) is 3.62. The van der Waals surface area contributed by atoms with Gasteiger partial charge < -0.3 is 0 Å². The van der Waals surface area contributed by atoms with Gasteiger partial charge >= 0.3 is 0 Å². The monoisotopic (exact) mass is 222 g/mol. The van der Waals surface area contributed by atoms with Crippen molar-refractivity contribution >= 4 is 6.08 Å². The van der Waals surface area contributed by atoms with Crippen molar-refractivity contribution in [3.8, 4) is 11.8 Å². The van der Waals surface area contributed by atoms with E-state index >= 15 is 0 Å². The standard InChI is InChI=1S/C16H11F/c17-16(13-15-9-5-2-6-10-15)12-11-14-7-3-1-4-8-14/h1-10,13H/b16-13+. The number of hydrogen-bond donors (Lipinski definition) is 0. The first-order valence-corrected chi connectivity index (χ1v) is 5.34. The Balaban J connectivity index is 2.15. The molecule has 0 bridgehead atoms. The van der Waals surface area contributed by atoms with Crippen LogP contribution in [0.5, 0.6) is 0 Å². The average molecular weight is 222 g/mol. The van der Waals surface area contributed by atoms with Crippen LogP contribution < -0.4 is 0 Å². The van der Waals surface area contributed by atoms with Crippen LogP contribution >= 0.6 is 0 Å². The van der Waals surface area contributed by atoms with Crippen molar-refractivity contribution in [2.45, 2.75) is 0 Å². The van der Waals surface area contributed by atoms with Crippen LogP contribution in [0.15, 0.2) is 66.5 Å². The normalized spacial score (nSPS) is 10.5. The van der Waals surface area contributed by atoms with Crippen molar-refractivity contribution < 1.29 is 4.39 Å². The average Bonchev–Trinajstić information content (AvgIpc) is 2.39. The topological polar surface area (TPSA) is 0 Å². The Morgan fingerprint density at radius 1 is 0.882 bits per heavy atom. The zero-order valence-corrected chi connectivity index (χ0v) is 9.23. The molecule has 0 amide bonds. The molecule has 0 aliphatic heterocycles. The van der Waals surface area contributed by atoms with Crippen molar-refractivity contribution in [2.24, 2.45) is 0 Å². The summed E-state index contributed by atoms with van der Waals surface area (Å²) in [5.41, 5.74) is 1.62. The molecule has 0 atom stereocenters. The molecule has 0 heterocycles. The van der Waals surface area contributed by atoms with Crippen molar-refractivity contribution in [2.75, 3.05) is 0 Å². The Morgan fingerprint density at radius 3 is 2.12 bits per heavy atom. The summed E-state index contributed by atoms with van der Waals surface area (Å²) >= 11 is 0. The molecule has 0 aromatic heterocycles. The van der Waals surface area contributed by atoms with Crippen molar-refractivity contribution in [3.05, 3.63) is 77.6 Å². The fourth-order valence-corrected chi connectivity index (χ4v) is 1.39. The Morgan fingerprint density at radius 2 is 1.47 bits per heavy atom. The molecule has 0 unspecified atom stereocenters. The quantitative estimate of drug-likeness (QED) is 0.638. The molecule has 0 spiro atoms. The van der Waals surface area contributed by atoms with Gasteiger partial charge in [0.2, 0.25) is 0 Å². The Hall–Kier alpha value is -2.33. The molecule has 1 heteroatoms. The Kier molecular flexibility index (Phi) is 3.72. The van der Waals surface area contributed by atoms with E-state index in [1.807, 2.05) is 60.7 Å². The number of allylic oxidation sites excluding steroid dienone is 1. The van der Waals surface area contributed by atoms with Gasteiger partial charge in [-0.2, -0.15) is 4.39 Å². The number of benzene rings is 2. The third-order valence-electron chi connectivity index (χ3n) is 2.19. The smallest absolute Gasteiger partial charge is 0.174 e. The van der Waals surface area contributed by atoms with E-state index in [4.69, 9.17) is 0 Å². The molecule has 17 heavy (non-hydrogen) atoms. The first-order chi connectivity index (χ1) is 8.34.